The van der Waals surface area contributed by atoms with Gasteiger partial charge in [-0.05, 0) is 23.3 Å². The fraction of sp³-hybridized carbons (Fsp3) is 0. The van der Waals surface area contributed by atoms with Gasteiger partial charge in [-0.2, -0.15) is 0 Å². The van der Waals surface area contributed by atoms with Crippen molar-refractivity contribution in [3.05, 3.63) is 53.6 Å². The first-order chi connectivity index (χ1) is 8.65. The molecule has 19 heavy (non-hydrogen) atoms. The normalized spacial score (nSPS) is 12.6. The topological polar surface area (TPSA) is 66.4 Å². The first-order valence-electron chi connectivity index (χ1n) is 5.33. The van der Waals surface area contributed by atoms with Crippen LogP contribution in [0.3, 0.4) is 0 Å². The van der Waals surface area contributed by atoms with E-state index in [1.54, 1.807) is 30.3 Å². The molecule has 1 heterocycles. The van der Waals surface area contributed by atoms with E-state index >= 15 is 0 Å². The molecule has 0 N–H and O–H groups in total. The van der Waals surface area contributed by atoms with Crippen LogP contribution in [0.4, 0.5) is 0 Å². The number of esters is 2. The van der Waals surface area contributed by atoms with Crippen molar-refractivity contribution in [3.8, 4) is 16.9 Å². The summed E-state index contributed by atoms with van der Waals surface area (Å²) in [6.45, 7) is 0. The molecule has 5 heteroatoms. The van der Waals surface area contributed by atoms with Crippen LogP contribution in [-0.2, 0) is 4.74 Å². The molecule has 4 nitrogen and oxygen atoms in total. The average molecular weight is 262 g/mol. The maximum absolute atomic E-state index is 11.4. The van der Waals surface area contributed by atoms with Crippen molar-refractivity contribution in [2.75, 3.05) is 0 Å². The Labute approximate surface area is 131 Å². The van der Waals surface area contributed by atoms with Crippen LogP contribution in [0.15, 0.2) is 42.5 Å². The van der Waals surface area contributed by atoms with E-state index in [1.807, 2.05) is 0 Å². The van der Waals surface area contributed by atoms with Crippen LogP contribution >= 0.6 is 0 Å². The van der Waals surface area contributed by atoms with Crippen molar-refractivity contribution in [2.24, 2.45) is 0 Å². The minimum absolute atomic E-state index is 0. The van der Waals surface area contributed by atoms with Crippen LogP contribution in [0.1, 0.15) is 20.7 Å². The zero-order valence-corrected chi connectivity index (χ0v) is 12.2. The van der Waals surface area contributed by atoms with E-state index in [1.165, 1.54) is 12.1 Å². The Morgan fingerprint density at radius 3 is 2.05 bits per heavy atom. The van der Waals surface area contributed by atoms with E-state index < -0.39 is 11.9 Å². The van der Waals surface area contributed by atoms with Crippen LogP contribution in [0, 0.1) is 0 Å². The zero-order chi connectivity index (χ0) is 12.7. The van der Waals surface area contributed by atoms with Gasteiger partial charge in [0.15, 0.2) is 0 Å². The second-order valence-electron chi connectivity index (χ2n) is 3.96. The monoisotopic (exact) mass is 262 g/mol. The minimum atomic E-state index is -0.628. The van der Waals surface area contributed by atoms with E-state index in [4.69, 9.17) is 0 Å². The number of fused-ring (bicyclic) bond motifs is 1. The third kappa shape index (κ3) is 2.42. The molecule has 0 spiro atoms. The Balaban J connectivity index is 0.00000133. The maximum Gasteiger partial charge on any atom is 1.00 e. The molecule has 0 amide bonds. The summed E-state index contributed by atoms with van der Waals surface area (Å²) in [4.78, 5) is 22.7. The molecule has 88 valence electrons. The molecule has 0 aliphatic carbocycles. The van der Waals surface area contributed by atoms with Crippen molar-refractivity contribution >= 4 is 11.9 Å². The molecule has 3 rings (SSSR count). The summed E-state index contributed by atoms with van der Waals surface area (Å²) < 4.78 is 4.51. The average Bonchev–Trinajstić information content (AvgIpc) is 2.66. The van der Waals surface area contributed by atoms with Gasteiger partial charge < -0.3 is 9.84 Å². The molecule has 0 unspecified atom stereocenters. The van der Waals surface area contributed by atoms with Crippen LogP contribution < -0.4 is 34.7 Å². The van der Waals surface area contributed by atoms with Crippen molar-refractivity contribution < 1.29 is 49.0 Å². The van der Waals surface area contributed by atoms with Gasteiger partial charge in [-0.1, -0.05) is 30.3 Å². The number of carbonyl (C=O) groups excluding carboxylic acids is 2. The van der Waals surface area contributed by atoms with Gasteiger partial charge in [-0.15, -0.1) is 5.75 Å². The van der Waals surface area contributed by atoms with Crippen molar-refractivity contribution in [1.82, 2.24) is 0 Å². The molecule has 0 saturated carbocycles. The van der Waals surface area contributed by atoms with Gasteiger partial charge in [0.2, 0.25) is 0 Å². The summed E-state index contributed by atoms with van der Waals surface area (Å²) in [6.07, 6.45) is 0. The van der Waals surface area contributed by atoms with E-state index in [0.29, 0.717) is 0 Å². The standard InChI is InChI=1S/C14H8O4.Na/c15-10-4-1-8(2-5-10)9-3-6-11-12(7-9)14(17)18-13(11)16;/h1-7,15H;/q;+1/p-1. The molecule has 1 aliphatic rings. The number of cyclic esters (lactones) is 2. The number of rotatable bonds is 1. The Morgan fingerprint density at radius 1 is 0.789 bits per heavy atom. The fourth-order valence-corrected chi connectivity index (χ4v) is 1.91. The number of ether oxygens (including phenoxy) is 1. The van der Waals surface area contributed by atoms with Crippen molar-refractivity contribution in [2.45, 2.75) is 0 Å². The first kappa shape index (κ1) is 13.8. The third-order valence-electron chi connectivity index (χ3n) is 2.83. The molecule has 2 aromatic carbocycles. The second kappa shape index (κ2) is 5.17. The largest absolute Gasteiger partial charge is 1.00 e. The van der Waals surface area contributed by atoms with Crippen LogP contribution in [-0.4, -0.2) is 11.9 Å². The fourth-order valence-electron chi connectivity index (χ4n) is 1.91. The third-order valence-corrected chi connectivity index (χ3v) is 2.83. The van der Waals surface area contributed by atoms with Crippen molar-refractivity contribution in [3.63, 3.8) is 0 Å². The Kier molecular flexibility index (Phi) is 3.75. The van der Waals surface area contributed by atoms with Gasteiger partial charge in [0.25, 0.3) is 0 Å². The van der Waals surface area contributed by atoms with E-state index in [9.17, 15) is 14.7 Å². The van der Waals surface area contributed by atoms with E-state index in [0.717, 1.165) is 11.1 Å². The summed E-state index contributed by atoms with van der Waals surface area (Å²) in [5, 5.41) is 11.0. The number of benzene rings is 2. The van der Waals surface area contributed by atoms with Crippen LogP contribution in [0.2, 0.25) is 0 Å². The maximum atomic E-state index is 11.4. The van der Waals surface area contributed by atoms with Crippen LogP contribution in [0.25, 0.3) is 11.1 Å². The van der Waals surface area contributed by atoms with Gasteiger partial charge in [-0.25, -0.2) is 9.59 Å². The summed E-state index contributed by atoms with van der Waals surface area (Å²) in [5.41, 5.74) is 2.12. The van der Waals surface area contributed by atoms with E-state index in [2.05, 4.69) is 4.74 Å². The summed E-state index contributed by atoms with van der Waals surface area (Å²) in [6, 6.07) is 11.1. The summed E-state index contributed by atoms with van der Waals surface area (Å²) in [5.74, 6) is -1.32. The molecule has 2 aromatic rings. The number of hydrogen-bond donors (Lipinski definition) is 0. The zero-order valence-electron chi connectivity index (χ0n) is 10.2. The van der Waals surface area contributed by atoms with Gasteiger partial charge in [0, 0.05) is 0 Å². The summed E-state index contributed by atoms with van der Waals surface area (Å²) >= 11 is 0. The van der Waals surface area contributed by atoms with Crippen LogP contribution in [0.5, 0.6) is 5.75 Å². The Hall–Kier alpha value is -1.62. The van der Waals surface area contributed by atoms with E-state index in [-0.39, 0.29) is 46.4 Å². The first-order valence-corrected chi connectivity index (χ1v) is 5.33. The predicted octanol–water partition coefficient (Wildman–Crippen LogP) is -1.26. The second-order valence-corrected chi connectivity index (χ2v) is 3.96. The summed E-state index contributed by atoms with van der Waals surface area (Å²) in [7, 11) is 0. The predicted molar refractivity (Wildman–Crippen MR) is 61.1 cm³/mol. The Morgan fingerprint density at radius 2 is 1.37 bits per heavy atom. The van der Waals surface area contributed by atoms with Gasteiger partial charge in [0.1, 0.15) is 0 Å². The number of carbonyl (C=O) groups is 2. The number of hydrogen-bond acceptors (Lipinski definition) is 4. The molecule has 0 aromatic heterocycles. The quantitative estimate of drug-likeness (QED) is 0.365. The smallest absolute Gasteiger partial charge is 0.872 e. The molecule has 0 radical (unpaired) electrons. The molecule has 0 fully saturated rings. The molecule has 0 atom stereocenters. The SMILES string of the molecule is O=C1OC(=O)c2cc(-c3ccc([O-])cc3)ccc21.[Na+]. The molecule has 1 aliphatic heterocycles. The molecular weight excluding hydrogens is 255 g/mol. The molecule has 0 bridgehead atoms. The molecule has 0 saturated heterocycles. The minimum Gasteiger partial charge on any atom is -0.872 e. The molecular formula is C14H7NaO4. The van der Waals surface area contributed by atoms with Gasteiger partial charge >= 0.3 is 41.5 Å². The Bertz CT molecular complexity index is 662. The van der Waals surface area contributed by atoms with Crippen molar-refractivity contribution in [1.29, 1.82) is 0 Å². The van der Waals surface area contributed by atoms with Gasteiger partial charge in [0.05, 0.1) is 11.1 Å². The van der Waals surface area contributed by atoms with Gasteiger partial charge in [-0.3, -0.25) is 0 Å².